The van der Waals surface area contributed by atoms with Gasteiger partial charge in [-0.25, -0.2) is 0 Å². The lowest BCUT2D eigenvalue weighted by Gasteiger charge is -2.26. The second-order valence-electron chi connectivity index (χ2n) is 7.82. The first-order valence-corrected chi connectivity index (χ1v) is 10.9. The lowest BCUT2D eigenvalue weighted by Crippen LogP contribution is -2.09. The zero-order valence-corrected chi connectivity index (χ0v) is 18.1. The van der Waals surface area contributed by atoms with E-state index >= 15 is 0 Å². The molecule has 0 aliphatic carbocycles. The molecule has 5 aromatic rings. The molecule has 156 valence electrons. The molecule has 0 saturated carbocycles. The SMILES string of the molecule is N#Cc1ccc(N(c2ccc(-c3ccccc3)cc2)c2ccc(-c3ccccc3)cc2)cc1. The zero-order chi connectivity index (χ0) is 22.5. The highest BCUT2D eigenvalue weighted by atomic mass is 15.1. The van der Waals surface area contributed by atoms with E-state index in [1.807, 2.05) is 36.4 Å². The Morgan fingerprint density at radius 3 is 1.09 bits per heavy atom. The van der Waals surface area contributed by atoms with Gasteiger partial charge in [-0.2, -0.15) is 5.26 Å². The molecule has 0 aliphatic heterocycles. The van der Waals surface area contributed by atoms with E-state index in [-0.39, 0.29) is 0 Å². The maximum Gasteiger partial charge on any atom is 0.0991 e. The molecule has 0 unspecified atom stereocenters. The van der Waals surface area contributed by atoms with E-state index in [0.29, 0.717) is 5.56 Å². The molecule has 33 heavy (non-hydrogen) atoms. The van der Waals surface area contributed by atoms with Crippen molar-refractivity contribution in [3.05, 3.63) is 139 Å². The summed E-state index contributed by atoms with van der Waals surface area (Å²) in [5, 5.41) is 9.22. The molecule has 2 heteroatoms. The summed E-state index contributed by atoms with van der Waals surface area (Å²) >= 11 is 0. The van der Waals surface area contributed by atoms with E-state index in [1.54, 1.807) is 0 Å². The van der Waals surface area contributed by atoms with Gasteiger partial charge in [0.25, 0.3) is 0 Å². The number of nitriles is 1. The van der Waals surface area contributed by atoms with Crippen molar-refractivity contribution in [1.82, 2.24) is 0 Å². The largest absolute Gasteiger partial charge is 0.311 e. The standard InChI is InChI=1S/C31H22N2/c32-23-24-11-17-29(18-12-24)33(30-19-13-27(14-20-30)25-7-3-1-4-8-25)31-21-15-28(16-22-31)26-9-5-2-6-10-26/h1-22H. The van der Waals surface area contributed by atoms with E-state index in [2.05, 4.69) is 108 Å². The van der Waals surface area contributed by atoms with Crippen LogP contribution in [0.1, 0.15) is 5.56 Å². The number of hydrogen-bond donors (Lipinski definition) is 0. The van der Waals surface area contributed by atoms with Crippen LogP contribution in [0, 0.1) is 11.3 Å². The first-order chi connectivity index (χ1) is 16.3. The van der Waals surface area contributed by atoms with Crippen LogP contribution in [-0.4, -0.2) is 0 Å². The molecular formula is C31H22N2. The smallest absolute Gasteiger partial charge is 0.0991 e. The molecule has 0 saturated heterocycles. The van der Waals surface area contributed by atoms with Crippen LogP contribution in [0.5, 0.6) is 0 Å². The van der Waals surface area contributed by atoms with Crippen LogP contribution in [0.4, 0.5) is 17.1 Å². The highest BCUT2D eigenvalue weighted by Crippen LogP contribution is 2.36. The molecule has 0 aliphatic rings. The Labute approximate surface area is 194 Å². The number of benzene rings is 5. The van der Waals surface area contributed by atoms with Gasteiger partial charge in [0.1, 0.15) is 0 Å². The van der Waals surface area contributed by atoms with Crippen molar-refractivity contribution in [2.75, 3.05) is 4.90 Å². The molecule has 0 radical (unpaired) electrons. The van der Waals surface area contributed by atoms with Gasteiger partial charge in [-0.15, -0.1) is 0 Å². The second kappa shape index (κ2) is 9.26. The van der Waals surface area contributed by atoms with Crippen LogP contribution in [0.15, 0.2) is 133 Å². The molecule has 0 atom stereocenters. The van der Waals surface area contributed by atoms with Gasteiger partial charge in [0, 0.05) is 17.1 Å². The maximum atomic E-state index is 9.22. The third-order valence-electron chi connectivity index (χ3n) is 5.72. The number of anilines is 3. The fourth-order valence-electron chi connectivity index (χ4n) is 4.00. The van der Waals surface area contributed by atoms with Gasteiger partial charge in [0.05, 0.1) is 11.6 Å². The van der Waals surface area contributed by atoms with Crippen molar-refractivity contribution >= 4 is 17.1 Å². The molecule has 0 heterocycles. The lowest BCUT2D eigenvalue weighted by atomic mass is 10.0. The molecule has 2 nitrogen and oxygen atoms in total. The summed E-state index contributed by atoms with van der Waals surface area (Å²) in [5.41, 5.74) is 8.53. The summed E-state index contributed by atoms with van der Waals surface area (Å²) in [4.78, 5) is 2.21. The zero-order valence-electron chi connectivity index (χ0n) is 18.1. The summed E-state index contributed by atoms with van der Waals surface area (Å²) in [6.45, 7) is 0. The Bertz CT molecular complexity index is 1280. The van der Waals surface area contributed by atoms with Gasteiger partial charge in [0.2, 0.25) is 0 Å². The van der Waals surface area contributed by atoms with E-state index in [4.69, 9.17) is 0 Å². The van der Waals surface area contributed by atoms with Crippen molar-refractivity contribution in [3.63, 3.8) is 0 Å². The maximum absolute atomic E-state index is 9.22. The molecule has 0 amide bonds. The number of hydrogen-bond acceptors (Lipinski definition) is 2. The van der Waals surface area contributed by atoms with Crippen LogP contribution in [0.25, 0.3) is 22.3 Å². The highest BCUT2D eigenvalue weighted by Gasteiger charge is 2.13. The fraction of sp³-hybridized carbons (Fsp3) is 0. The van der Waals surface area contributed by atoms with Crippen LogP contribution < -0.4 is 4.90 Å². The normalized spacial score (nSPS) is 10.4. The average Bonchev–Trinajstić information content (AvgIpc) is 2.91. The monoisotopic (exact) mass is 422 g/mol. The minimum atomic E-state index is 0.651. The minimum absolute atomic E-state index is 0.651. The summed E-state index contributed by atoms with van der Waals surface area (Å²) in [7, 11) is 0. The molecule has 0 aromatic heterocycles. The van der Waals surface area contributed by atoms with Gasteiger partial charge in [0.15, 0.2) is 0 Å². The van der Waals surface area contributed by atoms with Crippen LogP contribution in [0.3, 0.4) is 0 Å². The van der Waals surface area contributed by atoms with E-state index in [9.17, 15) is 5.26 Å². The Hall–Kier alpha value is -4.61. The third kappa shape index (κ3) is 4.39. The van der Waals surface area contributed by atoms with Gasteiger partial charge >= 0.3 is 0 Å². The third-order valence-corrected chi connectivity index (χ3v) is 5.72. The fourth-order valence-corrected chi connectivity index (χ4v) is 4.00. The molecule has 5 aromatic carbocycles. The van der Waals surface area contributed by atoms with Crippen LogP contribution in [-0.2, 0) is 0 Å². The quantitative estimate of drug-likeness (QED) is 0.284. The van der Waals surface area contributed by atoms with E-state index in [0.717, 1.165) is 17.1 Å². The van der Waals surface area contributed by atoms with Crippen LogP contribution >= 0.6 is 0 Å². The number of rotatable bonds is 5. The predicted octanol–water partition coefficient (Wildman–Crippen LogP) is 8.36. The number of nitrogens with zero attached hydrogens (tertiary/aromatic N) is 2. The Balaban J connectivity index is 1.54. The molecule has 0 N–H and O–H groups in total. The van der Waals surface area contributed by atoms with Crippen molar-refractivity contribution in [2.24, 2.45) is 0 Å². The topological polar surface area (TPSA) is 27.0 Å². The Morgan fingerprint density at radius 1 is 0.394 bits per heavy atom. The first-order valence-electron chi connectivity index (χ1n) is 10.9. The Morgan fingerprint density at radius 2 is 0.727 bits per heavy atom. The predicted molar refractivity (Wildman–Crippen MR) is 137 cm³/mol. The van der Waals surface area contributed by atoms with Crippen LogP contribution in [0.2, 0.25) is 0 Å². The van der Waals surface area contributed by atoms with Crippen molar-refractivity contribution in [2.45, 2.75) is 0 Å². The summed E-state index contributed by atoms with van der Waals surface area (Å²) in [6.07, 6.45) is 0. The van der Waals surface area contributed by atoms with Gasteiger partial charge in [-0.05, 0) is 70.8 Å². The van der Waals surface area contributed by atoms with Gasteiger partial charge < -0.3 is 4.90 Å². The van der Waals surface area contributed by atoms with Crippen molar-refractivity contribution < 1.29 is 0 Å². The second-order valence-corrected chi connectivity index (χ2v) is 7.82. The molecule has 0 fully saturated rings. The van der Waals surface area contributed by atoms with E-state index < -0.39 is 0 Å². The van der Waals surface area contributed by atoms with Gasteiger partial charge in [-0.1, -0.05) is 84.9 Å². The minimum Gasteiger partial charge on any atom is -0.311 e. The molecule has 0 spiro atoms. The highest BCUT2D eigenvalue weighted by molar-refractivity contribution is 5.80. The summed E-state index contributed by atoms with van der Waals surface area (Å²) in [5.74, 6) is 0. The summed E-state index contributed by atoms with van der Waals surface area (Å²) < 4.78 is 0. The average molecular weight is 423 g/mol. The lowest BCUT2D eigenvalue weighted by molar-refractivity contribution is 1.28. The summed E-state index contributed by atoms with van der Waals surface area (Å²) in [6, 6.07) is 47.9. The first kappa shape index (κ1) is 20.3. The molecule has 0 bridgehead atoms. The van der Waals surface area contributed by atoms with Crippen molar-refractivity contribution in [1.29, 1.82) is 5.26 Å². The van der Waals surface area contributed by atoms with Crippen molar-refractivity contribution in [3.8, 4) is 28.3 Å². The molecular weight excluding hydrogens is 400 g/mol. The Kier molecular flexibility index (Phi) is 5.70. The van der Waals surface area contributed by atoms with Gasteiger partial charge in [-0.3, -0.25) is 0 Å². The van der Waals surface area contributed by atoms with E-state index in [1.165, 1.54) is 22.3 Å². The molecule has 5 rings (SSSR count).